The molecule has 0 spiro atoms. The van der Waals surface area contributed by atoms with Crippen LogP contribution in [0.25, 0.3) is 0 Å². The third-order valence-electron chi connectivity index (χ3n) is 4.37. The summed E-state index contributed by atoms with van der Waals surface area (Å²) in [6, 6.07) is 7.12. The smallest absolute Gasteiger partial charge is 0.127 e. The van der Waals surface area contributed by atoms with E-state index in [0.717, 1.165) is 26.2 Å². The van der Waals surface area contributed by atoms with Crippen LogP contribution in [-0.2, 0) is 0 Å². The first-order valence-electron chi connectivity index (χ1n) is 7.41. The first-order valence-corrected chi connectivity index (χ1v) is 7.41. The number of hydrogen-bond acceptors (Lipinski definition) is 3. The van der Waals surface area contributed by atoms with Gasteiger partial charge in [0, 0.05) is 43.8 Å². The Balaban J connectivity index is 1.98. The molecule has 0 bridgehead atoms. The fourth-order valence-electron chi connectivity index (χ4n) is 2.98. The first-order chi connectivity index (χ1) is 9.49. The van der Waals surface area contributed by atoms with Crippen molar-refractivity contribution in [1.29, 1.82) is 0 Å². The average molecular weight is 279 g/mol. The molecule has 2 rings (SSSR count). The van der Waals surface area contributed by atoms with Gasteiger partial charge >= 0.3 is 0 Å². The fourth-order valence-corrected chi connectivity index (χ4v) is 2.98. The van der Waals surface area contributed by atoms with Crippen LogP contribution in [0.5, 0.6) is 0 Å². The van der Waals surface area contributed by atoms with Crippen molar-refractivity contribution in [3.63, 3.8) is 0 Å². The van der Waals surface area contributed by atoms with Crippen LogP contribution >= 0.6 is 0 Å². The van der Waals surface area contributed by atoms with Crippen LogP contribution < -0.4 is 5.73 Å². The predicted molar refractivity (Wildman–Crippen MR) is 81.0 cm³/mol. The lowest BCUT2D eigenvalue weighted by Gasteiger charge is -2.40. The average Bonchev–Trinajstić information content (AvgIpc) is 2.41. The van der Waals surface area contributed by atoms with E-state index in [2.05, 4.69) is 30.7 Å². The van der Waals surface area contributed by atoms with E-state index >= 15 is 0 Å². The van der Waals surface area contributed by atoms with Gasteiger partial charge in [-0.3, -0.25) is 4.90 Å². The molecule has 0 radical (unpaired) electrons. The minimum Gasteiger partial charge on any atom is -0.324 e. The summed E-state index contributed by atoms with van der Waals surface area (Å²) in [6.45, 7) is 8.52. The van der Waals surface area contributed by atoms with Gasteiger partial charge in [0.1, 0.15) is 5.82 Å². The maximum atomic E-state index is 13.8. The molecule has 112 valence electrons. The third-order valence-corrected chi connectivity index (χ3v) is 4.37. The maximum absolute atomic E-state index is 13.8. The van der Waals surface area contributed by atoms with Crippen LogP contribution in [0, 0.1) is 11.7 Å². The van der Waals surface area contributed by atoms with Crippen LogP contribution in [-0.4, -0.2) is 49.1 Å². The highest BCUT2D eigenvalue weighted by molar-refractivity contribution is 5.21. The van der Waals surface area contributed by atoms with Gasteiger partial charge in [0.25, 0.3) is 0 Å². The van der Waals surface area contributed by atoms with E-state index in [1.165, 1.54) is 6.07 Å². The number of likely N-dealkylation sites (N-methyl/N-ethyl adjacent to an activating group) is 1. The molecular weight excluding hydrogens is 253 g/mol. The molecular formula is C16H26FN3. The lowest BCUT2D eigenvalue weighted by atomic mass is 9.94. The van der Waals surface area contributed by atoms with E-state index in [1.807, 2.05) is 6.07 Å². The van der Waals surface area contributed by atoms with Crippen LogP contribution in [0.3, 0.4) is 0 Å². The molecule has 0 amide bonds. The van der Waals surface area contributed by atoms with Crippen molar-refractivity contribution in [3.05, 3.63) is 35.6 Å². The van der Waals surface area contributed by atoms with E-state index in [-0.39, 0.29) is 17.8 Å². The molecule has 0 aliphatic carbocycles. The van der Waals surface area contributed by atoms with E-state index < -0.39 is 0 Å². The third kappa shape index (κ3) is 3.57. The molecule has 4 heteroatoms. The second-order valence-electron chi connectivity index (χ2n) is 6.13. The molecule has 0 aromatic heterocycles. The number of piperazine rings is 1. The highest BCUT2D eigenvalue weighted by Crippen LogP contribution is 2.23. The highest BCUT2D eigenvalue weighted by atomic mass is 19.1. The summed E-state index contributed by atoms with van der Waals surface area (Å²) in [5, 5.41) is 0. The maximum Gasteiger partial charge on any atom is 0.127 e. The number of nitrogens with two attached hydrogens (primary N) is 1. The van der Waals surface area contributed by atoms with Crippen molar-refractivity contribution in [2.75, 3.05) is 33.2 Å². The van der Waals surface area contributed by atoms with Gasteiger partial charge in [-0.05, 0) is 26.0 Å². The zero-order valence-electron chi connectivity index (χ0n) is 12.7. The summed E-state index contributed by atoms with van der Waals surface area (Å²) in [4.78, 5) is 4.81. The Labute approximate surface area is 121 Å². The van der Waals surface area contributed by atoms with Gasteiger partial charge in [0.15, 0.2) is 0 Å². The Kier molecular flexibility index (Phi) is 5.13. The van der Waals surface area contributed by atoms with Crippen LogP contribution in [0.1, 0.15) is 25.5 Å². The van der Waals surface area contributed by atoms with Crippen molar-refractivity contribution in [2.45, 2.75) is 25.9 Å². The molecule has 3 nitrogen and oxygen atoms in total. The molecule has 3 unspecified atom stereocenters. The summed E-state index contributed by atoms with van der Waals surface area (Å²) < 4.78 is 13.8. The molecule has 1 saturated heterocycles. The second-order valence-corrected chi connectivity index (χ2v) is 6.13. The zero-order valence-corrected chi connectivity index (χ0v) is 12.7. The number of benzene rings is 1. The normalized spacial score (nSPS) is 24.6. The predicted octanol–water partition coefficient (Wildman–Crippen LogP) is 2.10. The molecule has 1 aromatic carbocycles. The number of halogens is 1. The number of rotatable bonds is 4. The molecule has 1 aliphatic rings. The van der Waals surface area contributed by atoms with Crippen molar-refractivity contribution >= 4 is 0 Å². The zero-order chi connectivity index (χ0) is 14.7. The summed E-state index contributed by atoms with van der Waals surface area (Å²) >= 11 is 0. The van der Waals surface area contributed by atoms with E-state index in [0.29, 0.717) is 11.6 Å². The fraction of sp³-hybridized carbons (Fsp3) is 0.625. The van der Waals surface area contributed by atoms with Crippen molar-refractivity contribution in [3.8, 4) is 0 Å². The Bertz CT molecular complexity index is 437. The molecule has 3 atom stereocenters. The van der Waals surface area contributed by atoms with E-state index in [1.54, 1.807) is 12.1 Å². The molecule has 0 saturated carbocycles. The van der Waals surface area contributed by atoms with E-state index in [9.17, 15) is 4.39 Å². The Morgan fingerprint density at radius 1 is 1.35 bits per heavy atom. The van der Waals surface area contributed by atoms with Crippen molar-refractivity contribution in [2.24, 2.45) is 11.7 Å². The number of nitrogens with zero attached hydrogens (tertiary/aromatic N) is 2. The van der Waals surface area contributed by atoms with Gasteiger partial charge in [-0.1, -0.05) is 25.1 Å². The SMILES string of the molecule is CC(CN1CCN(C)CC1C)C(N)c1ccccc1F. The second kappa shape index (κ2) is 6.66. The van der Waals surface area contributed by atoms with Crippen LogP contribution in [0.2, 0.25) is 0 Å². The minimum atomic E-state index is -0.247. The first kappa shape index (κ1) is 15.4. The van der Waals surface area contributed by atoms with Gasteiger partial charge in [-0.2, -0.15) is 0 Å². The summed E-state index contributed by atoms with van der Waals surface area (Å²) in [7, 11) is 2.16. The van der Waals surface area contributed by atoms with Crippen molar-refractivity contribution in [1.82, 2.24) is 9.80 Å². The lowest BCUT2D eigenvalue weighted by molar-refractivity contribution is 0.0831. The van der Waals surface area contributed by atoms with Gasteiger partial charge in [0.05, 0.1) is 0 Å². The Morgan fingerprint density at radius 3 is 2.70 bits per heavy atom. The Morgan fingerprint density at radius 2 is 2.05 bits per heavy atom. The molecule has 1 heterocycles. The Hall–Kier alpha value is -0.970. The monoisotopic (exact) mass is 279 g/mol. The number of hydrogen-bond donors (Lipinski definition) is 1. The van der Waals surface area contributed by atoms with Gasteiger partial charge in [-0.15, -0.1) is 0 Å². The molecule has 1 aliphatic heterocycles. The summed E-state index contributed by atoms with van der Waals surface area (Å²) in [5.74, 6) is 0.0380. The summed E-state index contributed by atoms with van der Waals surface area (Å²) in [5.41, 5.74) is 6.88. The van der Waals surface area contributed by atoms with Crippen LogP contribution in [0.4, 0.5) is 4.39 Å². The van der Waals surface area contributed by atoms with Gasteiger partial charge < -0.3 is 10.6 Å². The van der Waals surface area contributed by atoms with Gasteiger partial charge in [0.2, 0.25) is 0 Å². The quantitative estimate of drug-likeness (QED) is 0.916. The topological polar surface area (TPSA) is 32.5 Å². The minimum absolute atomic E-state index is 0.196. The molecule has 1 aromatic rings. The van der Waals surface area contributed by atoms with Crippen molar-refractivity contribution < 1.29 is 4.39 Å². The van der Waals surface area contributed by atoms with E-state index in [4.69, 9.17) is 5.73 Å². The largest absolute Gasteiger partial charge is 0.324 e. The highest BCUT2D eigenvalue weighted by Gasteiger charge is 2.26. The summed E-state index contributed by atoms with van der Waals surface area (Å²) in [6.07, 6.45) is 0. The molecule has 2 N–H and O–H groups in total. The standard InChI is InChI=1S/C16H26FN3/c1-12(10-20-9-8-19(3)11-13(20)2)16(18)14-6-4-5-7-15(14)17/h4-7,12-13,16H,8-11,18H2,1-3H3. The van der Waals surface area contributed by atoms with Crippen LogP contribution in [0.15, 0.2) is 24.3 Å². The lowest BCUT2D eigenvalue weighted by Crippen LogP contribution is -2.52. The molecule has 1 fully saturated rings. The molecule has 20 heavy (non-hydrogen) atoms. The van der Waals surface area contributed by atoms with Gasteiger partial charge in [-0.25, -0.2) is 4.39 Å².